The van der Waals surface area contributed by atoms with Crippen LogP contribution in [0.3, 0.4) is 0 Å². The van der Waals surface area contributed by atoms with Gasteiger partial charge in [-0.3, -0.25) is 4.79 Å². The summed E-state index contributed by atoms with van der Waals surface area (Å²) >= 11 is 3.18. The summed E-state index contributed by atoms with van der Waals surface area (Å²) in [7, 11) is 0. The maximum Gasteiger partial charge on any atom is 0.287 e. The van der Waals surface area contributed by atoms with Gasteiger partial charge >= 0.3 is 0 Å². The number of halogens is 1. The quantitative estimate of drug-likeness (QED) is 0.878. The molecule has 0 saturated carbocycles. The maximum atomic E-state index is 11.9. The van der Waals surface area contributed by atoms with Crippen LogP contribution < -0.4 is 5.32 Å². The fraction of sp³-hybridized carbons (Fsp3) is 0.583. The summed E-state index contributed by atoms with van der Waals surface area (Å²) in [5.41, 5.74) is 0.774. The van der Waals surface area contributed by atoms with Gasteiger partial charge in [0.2, 0.25) is 0 Å². The van der Waals surface area contributed by atoms with Crippen molar-refractivity contribution < 1.29 is 14.3 Å². The van der Waals surface area contributed by atoms with Crippen molar-refractivity contribution in [1.82, 2.24) is 5.32 Å². The lowest BCUT2D eigenvalue weighted by Gasteiger charge is -2.17. The van der Waals surface area contributed by atoms with Crippen LogP contribution in [0, 0.1) is 12.8 Å². The van der Waals surface area contributed by atoms with Gasteiger partial charge in [-0.25, -0.2) is 0 Å². The number of aryl methyl sites for hydroxylation is 1. The minimum absolute atomic E-state index is 0.0646. The molecular weight excluding hydrogens is 286 g/mol. The predicted octanol–water partition coefficient (Wildman–Crippen LogP) is 2.49. The molecule has 0 saturated heterocycles. The molecule has 1 atom stereocenters. The zero-order valence-corrected chi connectivity index (χ0v) is 11.9. The Balaban J connectivity index is 2.67. The first kappa shape index (κ1) is 14.3. The summed E-state index contributed by atoms with van der Waals surface area (Å²) in [6, 6.07) is 1.51. The van der Waals surface area contributed by atoms with E-state index in [2.05, 4.69) is 21.2 Å². The van der Waals surface area contributed by atoms with E-state index in [9.17, 15) is 9.90 Å². The maximum absolute atomic E-state index is 11.9. The first-order chi connectivity index (χ1) is 7.93. The third kappa shape index (κ3) is 4.16. The molecule has 1 amide bonds. The molecule has 1 aromatic rings. The third-order valence-electron chi connectivity index (χ3n) is 2.41. The Bertz CT molecular complexity index is 387. The standard InChI is InChI=1S/C12H18BrNO3/c1-7(2)4-9(6-15)14-12(16)11-8(3)5-10(13)17-11/h5,7,9,15H,4,6H2,1-3H3,(H,14,16). The molecule has 1 heterocycles. The van der Waals surface area contributed by atoms with Crippen LogP contribution in [0.5, 0.6) is 0 Å². The number of aliphatic hydroxyl groups is 1. The molecule has 4 nitrogen and oxygen atoms in total. The van der Waals surface area contributed by atoms with Crippen LogP contribution in [0.4, 0.5) is 0 Å². The molecule has 2 N–H and O–H groups in total. The molecule has 0 aliphatic heterocycles. The molecule has 0 aliphatic carbocycles. The van der Waals surface area contributed by atoms with Gasteiger partial charge in [0.05, 0.1) is 12.6 Å². The van der Waals surface area contributed by atoms with Crippen LogP contribution in [-0.4, -0.2) is 23.7 Å². The zero-order valence-electron chi connectivity index (χ0n) is 10.3. The number of rotatable bonds is 5. The van der Waals surface area contributed by atoms with Crippen LogP contribution in [0.2, 0.25) is 0 Å². The molecule has 1 unspecified atom stereocenters. The molecule has 1 aromatic heterocycles. The second kappa shape index (κ2) is 6.21. The van der Waals surface area contributed by atoms with Gasteiger partial charge in [-0.05, 0) is 41.3 Å². The van der Waals surface area contributed by atoms with Gasteiger partial charge in [0.15, 0.2) is 10.4 Å². The first-order valence-electron chi connectivity index (χ1n) is 5.61. The average molecular weight is 304 g/mol. The summed E-state index contributed by atoms with van der Waals surface area (Å²) in [6.45, 7) is 5.83. The van der Waals surface area contributed by atoms with Gasteiger partial charge in [0.25, 0.3) is 5.91 Å². The number of hydrogen-bond donors (Lipinski definition) is 2. The van der Waals surface area contributed by atoms with Crippen molar-refractivity contribution in [1.29, 1.82) is 0 Å². The average Bonchev–Trinajstić information content (AvgIpc) is 2.56. The largest absolute Gasteiger partial charge is 0.444 e. The number of hydrogen-bond acceptors (Lipinski definition) is 3. The number of carbonyl (C=O) groups excluding carboxylic acids is 1. The van der Waals surface area contributed by atoms with Gasteiger partial charge in [-0.2, -0.15) is 0 Å². The SMILES string of the molecule is Cc1cc(Br)oc1C(=O)NC(CO)CC(C)C. The smallest absolute Gasteiger partial charge is 0.287 e. The van der Waals surface area contributed by atoms with Crippen molar-refractivity contribution >= 4 is 21.8 Å². The van der Waals surface area contributed by atoms with Crippen LogP contribution in [0.1, 0.15) is 36.4 Å². The van der Waals surface area contributed by atoms with E-state index in [0.29, 0.717) is 16.3 Å². The molecule has 5 heteroatoms. The highest BCUT2D eigenvalue weighted by atomic mass is 79.9. The van der Waals surface area contributed by atoms with Crippen LogP contribution in [0.25, 0.3) is 0 Å². The van der Waals surface area contributed by atoms with Crippen LogP contribution in [-0.2, 0) is 0 Å². The zero-order chi connectivity index (χ0) is 13.0. The van der Waals surface area contributed by atoms with E-state index >= 15 is 0 Å². The monoisotopic (exact) mass is 303 g/mol. The first-order valence-corrected chi connectivity index (χ1v) is 6.41. The van der Waals surface area contributed by atoms with Gasteiger partial charge < -0.3 is 14.8 Å². The van der Waals surface area contributed by atoms with E-state index in [0.717, 1.165) is 12.0 Å². The molecule has 17 heavy (non-hydrogen) atoms. The van der Waals surface area contributed by atoms with Crippen LogP contribution >= 0.6 is 15.9 Å². The Morgan fingerprint density at radius 3 is 2.65 bits per heavy atom. The van der Waals surface area contributed by atoms with Gasteiger partial charge in [0, 0.05) is 5.56 Å². The van der Waals surface area contributed by atoms with Crippen molar-refractivity contribution in [3.05, 3.63) is 22.1 Å². The molecule has 0 radical (unpaired) electrons. The van der Waals surface area contributed by atoms with E-state index in [-0.39, 0.29) is 18.6 Å². The minimum Gasteiger partial charge on any atom is -0.444 e. The van der Waals surface area contributed by atoms with Crippen molar-refractivity contribution in [3.63, 3.8) is 0 Å². The number of amides is 1. The van der Waals surface area contributed by atoms with Crippen molar-refractivity contribution in [2.45, 2.75) is 33.2 Å². The Labute approximate surface area is 110 Å². The molecule has 0 bridgehead atoms. The lowest BCUT2D eigenvalue weighted by molar-refractivity contribution is 0.0878. The van der Waals surface area contributed by atoms with Gasteiger partial charge in [0.1, 0.15) is 0 Å². The van der Waals surface area contributed by atoms with Crippen molar-refractivity contribution in [3.8, 4) is 0 Å². The fourth-order valence-corrected chi connectivity index (χ4v) is 2.17. The van der Waals surface area contributed by atoms with Crippen molar-refractivity contribution in [2.75, 3.05) is 6.61 Å². The van der Waals surface area contributed by atoms with E-state index in [1.54, 1.807) is 13.0 Å². The highest BCUT2D eigenvalue weighted by Crippen LogP contribution is 2.19. The lowest BCUT2D eigenvalue weighted by atomic mass is 10.0. The Kier molecular flexibility index (Phi) is 5.21. The van der Waals surface area contributed by atoms with Gasteiger partial charge in [-0.15, -0.1) is 0 Å². The molecule has 0 spiro atoms. The van der Waals surface area contributed by atoms with E-state index < -0.39 is 0 Å². The predicted molar refractivity (Wildman–Crippen MR) is 68.9 cm³/mol. The Hall–Kier alpha value is -0.810. The second-order valence-electron chi connectivity index (χ2n) is 4.55. The summed E-state index contributed by atoms with van der Waals surface area (Å²) in [6.07, 6.45) is 0.739. The van der Waals surface area contributed by atoms with E-state index in [1.807, 2.05) is 13.8 Å². The topological polar surface area (TPSA) is 62.5 Å². The third-order valence-corrected chi connectivity index (χ3v) is 2.80. The summed E-state index contributed by atoms with van der Waals surface area (Å²) in [5, 5.41) is 12.0. The number of nitrogens with one attached hydrogen (secondary N) is 1. The Morgan fingerprint density at radius 2 is 2.24 bits per heavy atom. The summed E-state index contributed by atoms with van der Waals surface area (Å²) in [5.74, 6) is 0.420. The molecule has 0 aromatic carbocycles. The highest BCUT2D eigenvalue weighted by Gasteiger charge is 2.19. The molecule has 0 fully saturated rings. The highest BCUT2D eigenvalue weighted by molar-refractivity contribution is 9.10. The number of carbonyl (C=O) groups is 1. The van der Waals surface area contributed by atoms with Crippen molar-refractivity contribution in [2.24, 2.45) is 5.92 Å². The lowest BCUT2D eigenvalue weighted by Crippen LogP contribution is -2.38. The Morgan fingerprint density at radius 1 is 1.59 bits per heavy atom. The molecular formula is C12H18BrNO3. The second-order valence-corrected chi connectivity index (χ2v) is 5.33. The van der Waals surface area contributed by atoms with Crippen LogP contribution in [0.15, 0.2) is 15.2 Å². The molecule has 96 valence electrons. The summed E-state index contributed by atoms with van der Waals surface area (Å²) in [4.78, 5) is 11.9. The van der Waals surface area contributed by atoms with Gasteiger partial charge in [-0.1, -0.05) is 13.8 Å². The fourth-order valence-electron chi connectivity index (χ4n) is 1.67. The number of furan rings is 1. The normalized spacial score (nSPS) is 12.8. The van der Waals surface area contributed by atoms with E-state index in [1.165, 1.54) is 0 Å². The minimum atomic E-state index is -0.284. The number of aliphatic hydroxyl groups excluding tert-OH is 1. The summed E-state index contributed by atoms with van der Waals surface area (Å²) < 4.78 is 5.78. The van der Waals surface area contributed by atoms with E-state index in [4.69, 9.17) is 4.42 Å². The molecule has 0 aliphatic rings. The molecule has 1 rings (SSSR count).